The number of hydrogen-bond donors (Lipinski definition) is 1. The van der Waals surface area contributed by atoms with Crippen LogP contribution >= 0.6 is 0 Å². The number of amides is 1. The van der Waals surface area contributed by atoms with Gasteiger partial charge in [0.1, 0.15) is 11.6 Å². The molecule has 0 unspecified atom stereocenters. The number of carbonyl (C=O) groups excluding carboxylic acids is 1. The number of aromatic nitrogens is 2. The van der Waals surface area contributed by atoms with Gasteiger partial charge in [-0.15, -0.1) is 0 Å². The van der Waals surface area contributed by atoms with Gasteiger partial charge in [-0.3, -0.25) is 4.79 Å². The predicted molar refractivity (Wildman–Crippen MR) is 98.6 cm³/mol. The fourth-order valence-corrected chi connectivity index (χ4v) is 2.84. The molecule has 0 bridgehead atoms. The molecule has 25 heavy (non-hydrogen) atoms. The van der Waals surface area contributed by atoms with Gasteiger partial charge < -0.3 is 14.6 Å². The smallest absolute Gasteiger partial charge is 0.220 e. The lowest BCUT2D eigenvalue weighted by Gasteiger charge is -2.11. The summed E-state index contributed by atoms with van der Waals surface area (Å²) in [5.41, 5.74) is 3.17. The Balaban J connectivity index is 1.88. The van der Waals surface area contributed by atoms with E-state index in [1.165, 1.54) is 0 Å². The molecule has 130 valence electrons. The molecule has 5 heteroatoms. The first-order valence-corrected chi connectivity index (χ1v) is 8.55. The van der Waals surface area contributed by atoms with E-state index in [1.807, 2.05) is 49.4 Å². The molecule has 0 radical (unpaired) electrons. The quantitative estimate of drug-likeness (QED) is 0.718. The van der Waals surface area contributed by atoms with Crippen LogP contribution in [0.25, 0.3) is 11.0 Å². The zero-order valence-corrected chi connectivity index (χ0v) is 14.7. The monoisotopic (exact) mass is 337 g/mol. The average Bonchev–Trinajstić information content (AvgIpc) is 2.99. The SMILES string of the molecule is CCCC(=O)NCc1nc2ccccc2n1Cc1ccc(OC)cc1. The van der Waals surface area contributed by atoms with Gasteiger partial charge in [0.15, 0.2) is 0 Å². The van der Waals surface area contributed by atoms with E-state index < -0.39 is 0 Å². The lowest BCUT2D eigenvalue weighted by atomic mass is 10.2. The van der Waals surface area contributed by atoms with Gasteiger partial charge in [0.25, 0.3) is 0 Å². The Labute approximate surface area is 147 Å². The number of hydrogen-bond acceptors (Lipinski definition) is 3. The minimum Gasteiger partial charge on any atom is -0.497 e. The topological polar surface area (TPSA) is 56.2 Å². The summed E-state index contributed by atoms with van der Waals surface area (Å²) >= 11 is 0. The highest BCUT2D eigenvalue weighted by atomic mass is 16.5. The van der Waals surface area contributed by atoms with Gasteiger partial charge in [0, 0.05) is 13.0 Å². The molecule has 0 saturated carbocycles. The summed E-state index contributed by atoms with van der Waals surface area (Å²) in [7, 11) is 1.66. The van der Waals surface area contributed by atoms with E-state index >= 15 is 0 Å². The Morgan fingerprint density at radius 3 is 2.64 bits per heavy atom. The molecular formula is C20H23N3O2. The number of imidazole rings is 1. The van der Waals surface area contributed by atoms with Crippen LogP contribution in [0.3, 0.4) is 0 Å². The van der Waals surface area contributed by atoms with Crippen molar-refractivity contribution in [3.8, 4) is 5.75 Å². The van der Waals surface area contributed by atoms with Crippen molar-refractivity contribution in [3.63, 3.8) is 0 Å². The molecule has 0 aliphatic heterocycles. The molecule has 0 aliphatic rings. The summed E-state index contributed by atoms with van der Waals surface area (Å²) in [5.74, 6) is 1.76. The normalized spacial score (nSPS) is 10.8. The predicted octanol–water partition coefficient (Wildman–Crippen LogP) is 3.51. The number of nitrogens with one attached hydrogen (secondary N) is 1. The van der Waals surface area contributed by atoms with Gasteiger partial charge in [-0.05, 0) is 36.2 Å². The Hall–Kier alpha value is -2.82. The third-order valence-corrected chi connectivity index (χ3v) is 4.15. The van der Waals surface area contributed by atoms with Crippen molar-refractivity contribution in [2.75, 3.05) is 7.11 Å². The molecule has 0 aliphatic carbocycles. The van der Waals surface area contributed by atoms with Crippen LogP contribution in [0.15, 0.2) is 48.5 Å². The van der Waals surface area contributed by atoms with Crippen molar-refractivity contribution in [1.82, 2.24) is 14.9 Å². The second-order valence-electron chi connectivity index (χ2n) is 5.98. The van der Waals surface area contributed by atoms with Crippen molar-refractivity contribution in [2.24, 2.45) is 0 Å². The van der Waals surface area contributed by atoms with Crippen molar-refractivity contribution in [2.45, 2.75) is 32.9 Å². The molecule has 3 rings (SSSR count). The van der Waals surface area contributed by atoms with Crippen LogP contribution in [-0.4, -0.2) is 22.6 Å². The van der Waals surface area contributed by atoms with Crippen molar-refractivity contribution in [1.29, 1.82) is 0 Å². The average molecular weight is 337 g/mol. The van der Waals surface area contributed by atoms with Crippen LogP contribution < -0.4 is 10.1 Å². The summed E-state index contributed by atoms with van der Waals surface area (Å²) in [6, 6.07) is 16.1. The second kappa shape index (κ2) is 7.83. The number of fused-ring (bicyclic) bond motifs is 1. The zero-order chi connectivity index (χ0) is 17.6. The number of ether oxygens (including phenoxy) is 1. The standard InChI is InChI=1S/C20H23N3O2/c1-3-6-20(24)21-13-19-22-17-7-4-5-8-18(17)23(19)14-15-9-11-16(25-2)12-10-15/h4-5,7-12H,3,6,13-14H2,1-2H3,(H,21,24). The van der Waals surface area contributed by atoms with E-state index in [9.17, 15) is 4.79 Å². The zero-order valence-electron chi connectivity index (χ0n) is 14.7. The van der Waals surface area contributed by atoms with Gasteiger partial charge >= 0.3 is 0 Å². The molecule has 0 saturated heterocycles. The summed E-state index contributed by atoms with van der Waals surface area (Å²) in [6.07, 6.45) is 1.38. The highest BCUT2D eigenvalue weighted by Gasteiger charge is 2.12. The van der Waals surface area contributed by atoms with E-state index in [0.29, 0.717) is 19.5 Å². The Kier molecular flexibility index (Phi) is 5.33. The minimum absolute atomic E-state index is 0.0607. The van der Waals surface area contributed by atoms with Crippen molar-refractivity contribution >= 4 is 16.9 Å². The number of para-hydroxylation sites is 2. The number of nitrogens with zero attached hydrogens (tertiary/aromatic N) is 2. The summed E-state index contributed by atoms with van der Waals surface area (Å²) < 4.78 is 7.38. The summed E-state index contributed by atoms with van der Waals surface area (Å²) in [5, 5.41) is 2.96. The minimum atomic E-state index is 0.0607. The number of rotatable bonds is 7. The molecule has 1 amide bonds. The van der Waals surface area contributed by atoms with Crippen LogP contribution in [-0.2, 0) is 17.9 Å². The second-order valence-corrected chi connectivity index (χ2v) is 5.98. The third-order valence-electron chi connectivity index (χ3n) is 4.15. The fraction of sp³-hybridized carbons (Fsp3) is 0.300. The lowest BCUT2D eigenvalue weighted by molar-refractivity contribution is -0.121. The molecule has 1 N–H and O–H groups in total. The maximum atomic E-state index is 11.8. The molecule has 5 nitrogen and oxygen atoms in total. The van der Waals surface area contributed by atoms with Crippen LogP contribution in [0, 0.1) is 0 Å². The highest BCUT2D eigenvalue weighted by molar-refractivity contribution is 5.77. The van der Waals surface area contributed by atoms with Gasteiger partial charge in [-0.1, -0.05) is 31.2 Å². The Morgan fingerprint density at radius 1 is 1.16 bits per heavy atom. The molecule has 0 fully saturated rings. The van der Waals surface area contributed by atoms with Crippen LogP contribution in [0.5, 0.6) is 5.75 Å². The van der Waals surface area contributed by atoms with Gasteiger partial charge in [-0.2, -0.15) is 0 Å². The third kappa shape index (κ3) is 3.99. The molecule has 1 heterocycles. The lowest BCUT2D eigenvalue weighted by Crippen LogP contribution is -2.24. The largest absolute Gasteiger partial charge is 0.497 e. The van der Waals surface area contributed by atoms with Crippen LogP contribution in [0.2, 0.25) is 0 Å². The fourth-order valence-electron chi connectivity index (χ4n) is 2.84. The van der Waals surface area contributed by atoms with E-state index in [-0.39, 0.29) is 5.91 Å². The Morgan fingerprint density at radius 2 is 1.92 bits per heavy atom. The first-order chi connectivity index (χ1) is 12.2. The van der Waals surface area contributed by atoms with Gasteiger partial charge in [0.2, 0.25) is 5.91 Å². The first kappa shape index (κ1) is 17.0. The van der Waals surface area contributed by atoms with E-state index in [0.717, 1.165) is 34.6 Å². The summed E-state index contributed by atoms with van der Waals surface area (Å²) in [4.78, 5) is 16.5. The summed E-state index contributed by atoms with van der Waals surface area (Å²) in [6.45, 7) is 3.13. The molecule has 2 aromatic carbocycles. The number of benzene rings is 2. The Bertz CT molecular complexity index is 853. The molecule has 0 spiro atoms. The van der Waals surface area contributed by atoms with Gasteiger partial charge in [-0.25, -0.2) is 4.98 Å². The molecular weight excluding hydrogens is 314 g/mol. The van der Waals surface area contributed by atoms with E-state index in [4.69, 9.17) is 9.72 Å². The van der Waals surface area contributed by atoms with Crippen molar-refractivity contribution < 1.29 is 9.53 Å². The molecule has 1 aromatic heterocycles. The number of carbonyl (C=O) groups is 1. The molecule has 0 atom stereocenters. The van der Waals surface area contributed by atoms with E-state index in [2.05, 4.69) is 16.0 Å². The van der Waals surface area contributed by atoms with Gasteiger partial charge in [0.05, 0.1) is 24.7 Å². The van der Waals surface area contributed by atoms with Crippen molar-refractivity contribution in [3.05, 3.63) is 59.9 Å². The van der Waals surface area contributed by atoms with E-state index in [1.54, 1.807) is 7.11 Å². The maximum Gasteiger partial charge on any atom is 0.220 e. The number of methoxy groups -OCH3 is 1. The molecule has 3 aromatic rings. The highest BCUT2D eigenvalue weighted by Crippen LogP contribution is 2.19. The van der Waals surface area contributed by atoms with Crippen LogP contribution in [0.1, 0.15) is 31.2 Å². The van der Waals surface area contributed by atoms with Crippen LogP contribution in [0.4, 0.5) is 0 Å². The maximum absolute atomic E-state index is 11.8. The first-order valence-electron chi connectivity index (χ1n) is 8.55.